The van der Waals surface area contributed by atoms with E-state index in [0.29, 0.717) is 0 Å². The molecule has 5 aromatic heterocycles. The molecule has 1 atom stereocenters. The normalized spacial score (nSPS) is 15.1. The van der Waals surface area contributed by atoms with Gasteiger partial charge in [0.05, 0.1) is 18.8 Å². The molecule has 0 saturated heterocycles. The first-order valence-electron chi connectivity index (χ1n) is 29.3. The summed E-state index contributed by atoms with van der Waals surface area (Å²) < 4.78 is 4.98. The molecule has 8 heterocycles. The summed E-state index contributed by atoms with van der Waals surface area (Å²) in [5.74, 6) is 2.53. The number of cyclic esters (lactones) is 1. The minimum absolute atomic E-state index is 0.0304. The van der Waals surface area contributed by atoms with Crippen LogP contribution in [0.25, 0.3) is 0 Å². The van der Waals surface area contributed by atoms with Gasteiger partial charge in [-0.1, -0.05) is 178 Å². The van der Waals surface area contributed by atoms with Crippen molar-refractivity contribution in [1.29, 1.82) is 0 Å². The minimum atomic E-state index is -0.222. The van der Waals surface area contributed by atoms with Crippen molar-refractivity contribution in [1.82, 2.24) is 50.1 Å². The van der Waals surface area contributed by atoms with Crippen LogP contribution in [0.3, 0.4) is 0 Å². The van der Waals surface area contributed by atoms with E-state index in [2.05, 4.69) is 238 Å². The predicted molar refractivity (Wildman–Crippen MR) is 350 cm³/mol. The molecule has 3 aliphatic rings. The average molecular weight is 1140 g/mol. The van der Waals surface area contributed by atoms with E-state index in [1.54, 1.807) is 6.33 Å². The average Bonchev–Trinajstić information content (AvgIpc) is 4.21. The van der Waals surface area contributed by atoms with Gasteiger partial charge in [0.25, 0.3) is 0 Å². The van der Waals surface area contributed by atoms with Crippen LogP contribution >= 0.6 is 0 Å². The number of nitrogens with zero attached hydrogens (tertiary/aromatic N) is 10. The lowest BCUT2D eigenvalue weighted by Gasteiger charge is -2.23. The summed E-state index contributed by atoms with van der Waals surface area (Å²) in [5, 5.41) is 7.09. The van der Waals surface area contributed by atoms with Crippen molar-refractivity contribution in [2.24, 2.45) is 26.2 Å². The molecule has 83 heavy (non-hydrogen) atoms. The number of hydrogen-bond acceptors (Lipinski definition) is 12. The Kier molecular flexibility index (Phi) is 27.9. The van der Waals surface area contributed by atoms with Gasteiger partial charge in [-0.05, 0) is 101 Å². The molecule has 0 aliphatic carbocycles. The SMILES string of the molecule is CC(C)(C)C1C=CC(=O)O1.CC1=NCC=C1C(C)(C)C.CC1=NCC=C1C(C)(C)C.Cc1cc(C(C)(C)C)n[nH]1.Cc1cc(C(C)(C)C)ncn1.Cc1ccnc(C(C)(C)C)n1.Cc1ncc(C(C)(C)C)[nH]1.Cc1nccc(C(C)(C)C)n1. The third-order valence-electron chi connectivity index (χ3n) is 12.7. The molecular formula is C69H112N12O2. The minimum Gasteiger partial charge on any atom is -0.454 e. The van der Waals surface area contributed by atoms with Crippen LogP contribution in [0.1, 0.15) is 237 Å². The van der Waals surface area contributed by atoms with Gasteiger partial charge in [0.1, 0.15) is 29.9 Å². The van der Waals surface area contributed by atoms with E-state index in [1.807, 2.05) is 98.3 Å². The van der Waals surface area contributed by atoms with E-state index in [1.165, 1.54) is 34.3 Å². The van der Waals surface area contributed by atoms with Gasteiger partial charge in [0.2, 0.25) is 0 Å². The van der Waals surface area contributed by atoms with Crippen LogP contribution in [0, 0.1) is 50.9 Å². The Morgan fingerprint density at radius 2 is 1.01 bits per heavy atom. The molecule has 0 spiro atoms. The van der Waals surface area contributed by atoms with E-state index in [9.17, 15) is 4.79 Å². The van der Waals surface area contributed by atoms with Crippen molar-refractivity contribution in [3.8, 4) is 0 Å². The number of carbonyl (C=O) groups excluding carboxylic acids is 1. The highest BCUT2D eigenvalue weighted by Crippen LogP contribution is 2.30. The van der Waals surface area contributed by atoms with Crippen LogP contribution in [0.15, 0.2) is 94.6 Å². The van der Waals surface area contributed by atoms with Gasteiger partial charge in [-0.3, -0.25) is 15.1 Å². The highest BCUT2D eigenvalue weighted by Gasteiger charge is 2.29. The highest BCUT2D eigenvalue weighted by molar-refractivity contribution is 6.01. The third-order valence-corrected chi connectivity index (χ3v) is 12.7. The Morgan fingerprint density at radius 1 is 0.506 bits per heavy atom. The van der Waals surface area contributed by atoms with E-state index >= 15 is 0 Å². The van der Waals surface area contributed by atoms with Crippen molar-refractivity contribution in [3.05, 3.63) is 142 Å². The lowest BCUT2D eigenvalue weighted by Crippen LogP contribution is -2.25. The number of esters is 1. The quantitative estimate of drug-likeness (QED) is 0.141. The summed E-state index contributed by atoms with van der Waals surface area (Å²) in [5.41, 5.74) is 14.3. The standard InChI is InChI=1S/3C9H14N2.2C9H15N.2C8H14N2.C8H12O2/c1-7-5-8(9(2,3)4)11-6-10-7;1-7-10-6-5-8(11-7)9(2,3)4;1-7-5-6-10-8(11-7)9(2,3)4;2*1-7-8(5-6-10-7)9(2,3)4;1-6-9-5-7(10-6)8(2,3)4;1-6-5-7(10-9-6)8(2,3)4;1-8(2,3)6-4-5-7(9)10-6/h3*5-6H,1-4H3;2*5H,6H2,1-4H3;2*5H,1-4H3,(H,9,10);4-6H,1-3H3. The summed E-state index contributed by atoms with van der Waals surface area (Å²) >= 11 is 0. The number of rotatable bonds is 0. The number of hydrogen-bond donors (Lipinski definition) is 2. The molecule has 0 fully saturated rings. The second kappa shape index (κ2) is 31.0. The Hall–Kier alpha value is -6.31. The lowest BCUT2D eigenvalue weighted by molar-refractivity contribution is -0.142. The zero-order chi connectivity index (χ0) is 64.3. The summed E-state index contributed by atoms with van der Waals surface area (Å²) in [6, 6.07) is 7.99. The molecule has 8 rings (SSSR count). The maximum atomic E-state index is 10.6. The zero-order valence-corrected chi connectivity index (χ0v) is 57.7. The molecular weight excluding hydrogens is 1030 g/mol. The molecule has 0 bridgehead atoms. The van der Waals surface area contributed by atoms with Gasteiger partial charge < -0.3 is 9.72 Å². The van der Waals surface area contributed by atoms with Gasteiger partial charge in [-0.2, -0.15) is 5.10 Å². The Morgan fingerprint density at radius 3 is 1.25 bits per heavy atom. The molecule has 0 radical (unpaired) electrons. The smallest absolute Gasteiger partial charge is 0.331 e. The number of imidazole rings is 1. The molecule has 1 unspecified atom stereocenters. The second-order valence-electron chi connectivity index (χ2n) is 29.8. The number of carbonyl (C=O) groups is 1. The van der Waals surface area contributed by atoms with Crippen LogP contribution < -0.4 is 0 Å². The van der Waals surface area contributed by atoms with Gasteiger partial charge >= 0.3 is 5.97 Å². The summed E-state index contributed by atoms with van der Waals surface area (Å²) in [6.07, 6.45) is 14.8. The molecule has 2 N–H and O–H groups in total. The van der Waals surface area contributed by atoms with Crippen molar-refractivity contribution in [3.63, 3.8) is 0 Å². The Bertz CT molecular complexity index is 2720. The first-order chi connectivity index (χ1) is 37.5. The molecule has 14 heteroatoms. The van der Waals surface area contributed by atoms with Crippen LogP contribution in [-0.2, 0) is 36.6 Å². The number of nitrogens with one attached hydrogen (secondary N) is 2. The fourth-order valence-electron chi connectivity index (χ4n) is 7.70. The largest absolute Gasteiger partial charge is 0.454 e. The number of aromatic amines is 2. The monoisotopic (exact) mass is 1140 g/mol. The second-order valence-corrected chi connectivity index (χ2v) is 29.8. The molecule has 3 aliphatic heterocycles. The van der Waals surface area contributed by atoms with Crippen LogP contribution in [0.2, 0.25) is 0 Å². The molecule has 14 nitrogen and oxygen atoms in total. The summed E-state index contributed by atoms with van der Waals surface area (Å²) in [7, 11) is 0. The number of allylic oxidation sites excluding steroid dienone is 2. The van der Waals surface area contributed by atoms with Gasteiger partial charge in [-0.15, -0.1) is 0 Å². The van der Waals surface area contributed by atoms with Crippen LogP contribution in [0.5, 0.6) is 0 Å². The third kappa shape index (κ3) is 29.2. The molecule has 5 aromatic rings. The first kappa shape index (κ1) is 74.7. The van der Waals surface area contributed by atoms with E-state index in [0.717, 1.165) is 64.7 Å². The van der Waals surface area contributed by atoms with Gasteiger partial charge in [0, 0.05) is 103 Å². The number of ether oxygens (including phenoxy) is 1. The number of aliphatic imine (C=N–C) groups is 2. The molecule has 0 amide bonds. The predicted octanol–water partition coefficient (Wildman–Crippen LogP) is 16.7. The van der Waals surface area contributed by atoms with E-state index in [-0.39, 0.29) is 55.4 Å². The maximum absolute atomic E-state index is 10.6. The summed E-state index contributed by atoms with van der Waals surface area (Å²) in [4.78, 5) is 51.7. The zero-order valence-electron chi connectivity index (χ0n) is 57.7. The van der Waals surface area contributed by atoms with Crippen molar-refractivity contribution in [2.75, 3.05) is 13.1 Å². The number of aromatic nitrogens is 10. The van der Waals surface area contributed by atoms with Crippen LogP contribution in [-0.4, -0.2) is 86.7 Å². The van der Waals surface area contributed by atoms with Crippen molar-refractivity contribution >= 4 is 17.4 Å². The van der Waals surface area contributed by atoms with Crippen molar-refractivity contribution in [2.45, 2.75) is 248 Å². The van der Waals surface area contributed by atoms with E-state index in [4.69, 9.17) is 4.74 Å². The number of H-pyrrole nitrogens is 2. The summed E-state index contributed by atoms with van der Waals surface area (Å²) in [6.45, 7) is 67.5. The highest BCUT2D eigenvalue weighted by atomic mass is 16.5. The number of aryl methyl sites for hydroxylation is 5. The lowest BCUT2D eigenvalue weighted by atomic mass is 9.84. The van der Waals surface area contributed by atoms with Gasteiger partial charge in [-0.25, -0.2) is 39.7 Å². The maximum Gasteiger partial charge on any atom is 0.331 e. The molecule has 0 aromatic carbocycles. The fourth-order valence-corrected chi connectivity index (χ4v) is 7.70. The first-order valence-corrected chi connectivity index (χ1v) is 29.3. The van der Waals surface area contributed by atoms with Crippen LogP contribution in [0.4, 0.5) is 0 Å². The fraction of sp³-hybridized carbons (Fsp3) is 0.609. The Labute approximate surface area is 503 Å². The van der Waals surface area contributed by atoms with Crippen molar-refractivity contribution < 1.29 is 9.53 Å². The van der Waals surface area contributed by atoms with Gasteiger partial charge in [0.15, 0.2) is 0 Å². The molecule has 460 valence electrons. The molecule has 0 saturated carbocycles. The topological polar surface area (TPSA) is 186 Å². The van der Waals surface area contributed by atoms with E-state index < -0.39 is 0 Å². The Balaban J connectivity index is 0.000000474.